The van der Waals surface area contributed by atoms with E-state index >= 15 is 0 Å². The van der Waals surface area contributed by atoms with Crippen LogP contribution in [-0.2, 0) is 5.41 Å². The van der Waals surface area contributed by atoms with Crippen LogP contribution in [0, 0.1) is 0 Å². The van der Waals surface area contributed by atoms with Crippen LogP contribution in [-0.4, -0.2) is 11.9 Å². The normalized spacial score (nSPS) is 12.3. The first-order chi connectivity index (χ1) is 8.20. The fourth-order valence-corrected chi connectivity index (χ4v) is 1.68. The Morgan fingerprint density at radius 2 is 1.78 bits per heavy atom. The summed E-state index contributed by atoms with van der Waals surface area (Å²) in [6, 6.07) is 5.93. The smallest absolute Gasteiger partial charge is 0.223 e. The largest absolute Gasteiger partial charge is 0.370 e. The minimum atomic E-state index is -0.112. The van der Waals surface area contributed by atoms with E-state index in [0.29, 0.717) is 5.69 Å². The zero-order valence-electron chi connectivity index (χ0n) is 10.7. The van der Waals surface area contributed by atoms with E-state index in [4.69, 9.17) is 17.2 Å². The standard InChI is InChI=1S/C12H18BrN5/c1-12(2,3)7-4-5-8(13)9(6-7)17-11(16)18-10(14)15/h4-6H,1-3H3,(H6,14,15,16,17,18). The van der Waals surface area contributed by atoms with Gasteiger partial charge in [0.2, 0.25) is 5.96 Å². The number of hydrogen-bond acceptors (Lipinski definition) is 1. The van der Waals surface area contributed by atoms with Gasteiger partial charge in [-0.15, -0.1) is 0 Å². The molecule has 18 heavy (non-hydrogen) atoms. The third-order valence-electron chi connectivity index (χ3n) is 2.29. The Kier molecular flexibility index (Phi) is 4.34. The molecule has 1 rings (SSSR count). The Labute approximate surface area is 115 Å². The van der Waals surface area contributed by atoms with Crippen LogP contribution < -0.4 is 17.2 Å². The molecule has 6 heteroatoms. The van der Waals surface area contributed by atoms with Gasteiger partial charge in [0.15, 0.2) is 5.96 Å². The third-order valence-corrected chi connectivity index (χ3v) is 2.96. The molecule has 1 aromatic rings. The lowest BCUT2D eigenvalue weighted by Crippen LogP contribution is -2.26. The molecule has 0 bridgehead atoms. The van der Waals surface area contributed by atoms with Crippen molar-refractivity contribution in [2.75, 3.05) is 0 Å². The van der Waals surface area contributed by atoms with Crippen molar-refractivity contribution in [3.05, 3.63) is 28.2 Å². The van der Waals surface area contributed by atoms with E-state index in [2.05, 4.69) is 46.7 Å². The molecule has 0 saturated carbocycles. The predicted octanol–water partition coefficient (Wildman–Crippen LogP) is 1.97. The summed E-state index contributed by atoms with van der Waals surface area (Å²) in [5, 5.41) is 0. The van der Waals surface area contributed by atoms with Crippen LogP contribution in [0.2, 0.25) is 0 Å². The Morgan fingerprint density at radius 3 is 2.28 bits per heavy atom. The van der Waals surface area contributed by atoms with E-state index in [0.717, 1.165) is 10.0 Å². The van der Waals surface area contributed by atoms with Gasteiger partial charge in [0.1, 0.15) is 0 Å². The molecular formula is C12H18BrN5. The van der Waals surface area contributed by atoms with E-state index < -0.39 is 0 Å². The molecule has 98 valence electrons. The highest BCUT2D eigenvalue weighted by atomic mass is 79.9. The topological polar surface area (TPSA) is 103 Å². The number of guanidine groups is 2. The van der Waals surface area contributed by atoms with Crippen LogP contribution in [0.3, 0.4) is 0 Å². The number of aliphatic imine (C=N–C) groups is 2. The molecule has 0 saturated heterocycles. The Morgan fingerprint density at radius 1 is 1.17 bits per heavy atom. The first-order valence-electron chi connectivity index (χ1n) is 5.44. The Bertz CT molecular complexity index is 496. The van der Waals surface area contributed by atoms with Crippen molar-refractivity contribution >= 4 is 33.5 Å². The molecule has 0 unspecified atom stereocenters. The maximum absolute atomic E-state index is 5.62. The summed E-state index contributed by atoms with van der Waals surface area (Å²) in [4.78, 5) is 7.86. The highest BCUT2D eigenvalue weighted by molar-refractivity contribution is 9.10. The number of nitrogens with two attached hydrogens (primary N) is 3. The minimum absolute atomic E-state index is 0.0294. The van der Waals surface area contributed by atoms with Crippen molar-refractivity contribution < 1.29 is 0 Å². The van der Waals surface area contributed by atoms with Crippen molar-refractivity contribution in [3.63, 3.8) is 0 Å². The van der Waals surface area contributed by atoms with Crippen LogP contribution >= 0.6 is 15.9 Å². The van der Waals surface area contributed by atoms with E-state index in [1.54, 1.807) is 0 Å². The SMILES string of the molecule is CC(C)(C)c1ccc(Br)c(N=C(N)N=C(N)N)c1. The maximum atomic E-state index is 5.62. The lowest BCUT2D eigenvalue weighted by Gasteiger charge is -2.19. The van der Waals surface area contributed by atoms with Gasteiger partial charge in [0.25, 0.3) is 0 Å². The van der Waals surface area contributed by atoms with Crippen LogP contribution in [0.4, 0.5) is 5.69 Å². The van der Waals surface area contributed by atoms with E-state index in [-0.39, 0.29) is 17.3 Å². The average molecular weight is 312 g/mol. The summed E-state index contributed by atoms with van der Waals surface area (Å²) in [7, 11) is 0. The molecule has 0 heterocycles. The summed E-state index contributed by atoms with van der Waals surface area (Å²) in [6.45, 7) is 6.38. The zero-order valence-corrected chi connectivity index (χ0v) is 12.3. The first kappa shape index (κ1) is 14.5. The van der Waals surface area contributed by atoms with Gasteiger partial charge >= 0.3 is 0 Å². The lowest BCUT2D eigenvalue weighted by molar-refractivity contribution is 0.590. The second-order valence-electron chi connectivity index (χ2n) is 4.92. The van der Waals surface area contributed by atoms with E-state index in [1.165, 1.54) is 0 Å². The molecule has 0 radical (unpaired) electrons. The van der Waals surface area contributed by atoms with Gasteiger partial charge in [-0.25, -0.2) is 4.99 Å². The number of hydrogen-bond donors (Lipinski definition) is 3. The van der Waals surface area contributed by atoms with E-state index in [1.807, 2.05) is 18.2 Å². The molecule has 0 aliphatic heterocycles. The number of rotatable bonds is 1. The van der Waals surface area contributed by atoms with Gasteiger partial charge in [0, 0.05) is 4.47 Å². The van der Waals surface area contributed by atoms with Gasteiger partial charge in [-0.1, -0.05) is 26.8 Å². The zero-order chi connectivity index (χ0) is 13.9. The Hall–Kier alpha value is -1.56. The second kappa shape index (κ2) is 5.39. The van der Waals surface area contributed by atoms with Gasteiger partial charge in [0.05, 0.1) is 5.69 Å². The molecular weight excluding hydrogens is 294 g/mol. The van der Waals surface area contributed by atoms with Gasteiger partial charge < -0.3 is 17.2 Å². The summed E-state index contributed by atoms with van der Waals surface area (Å²) in [5.41, 5.74) is 18.0. The molecule has 0 spiro atoms. The van der Waals surface area contributed by atoms with E-state index in [9.17, 15) is 0 Å². The number of benzene rings is 1. The molecule has 1 aromatic carbocycles. The van der Waals surface area contributed by atoms with Crippen molar-refractivity contribution in [2.24, 2.45) is 27.2 Å². The average Bonchev–Trinajstić information content (AvgIpc) is 2.18. The fraction of sp³-hybridized carbons (Fsp3) is 0.333. The molecule has 6 N–H and O–H groups in total. The first-order valence-corrected chi connectivity index (χ1v) is 6.23. The van der Waals surface area contributed by atoms with Crippen LogP contribution in [0.15, 0.2) is 32.7 Å². The number of nitrogens with zero attached hydrogens (tertiary/aromatic N) is 2. The van der Waals surface area contributed by atoms with Crippen molar-refractivity contribution in [3.8, 4) is 0 Å². The van der Waals surface area contributed by atoms with Crippen molar-refractivity contribution in [2.45, 2.75) is 26.2 Å². The Balaban J connectivity index is 3.21. The minimum Gasteiger partial charge on any atom is -0.370 e. The summed E-state index contributed by atoms with van der Waals surface area (Å²) < 4.78 is 0.837. The maximum Gasteiger partial charge on any atom is 0.223 e. The highest BCUT2D eigenvalue weighted by Crippen LogP contribution is 2.31. The molecule has 0 aliphatic carbocycles. The molecule has 0 aliphatic rings. The molecule has 0 fully saturated rings. The van der Waals surface area contributed by atoms with Crippen molar-refractivity contribution in [1.82, 2.24) is 0 Å². The molecule has 0 amide bonds. The van der Waals surface area contributed by atoms with Crippen LogP contribution in [0.25, 0.3) is 0 Å². The molecule has 0 aromatic heterocycles. The summed E-state index contributed by atoms with van der Waals surface area (Å²) in [5.74, 6) is -0.0823. The second-order valence-corrected chi connectivity index (χ2v) is 5.78. The van der Waals surface area contributed by atoms with Crippen LogP contribution in [0.5, 0.6) is 0 Å². The predicted molar refractivity (Wildman–Crippen MR) is 79.9 cm³/mol. The van der Waals surface area contributed by atoms with Gasteiger partial charge in [-0.05, 0) is 39.0 Å². The summed E-state index contributed by atoms with van der Waals surface area (Å²) >= 11 is 3.42. The molecule has 5 nitrogen and oxygen atoms in total. The van der Waals surface area contributed by atoms with Crippen LogP contribution in [0.1, 0.15) is 26.3 Å². The quantitative estimate of drug-likeness (QED) is 0.545. The summed E-state index contributed by atoms with van der Waals surface area (Å²) in [6.07, 6.45) is 0. The monoisotopic (exact) mass is 311 g/mol. The lowest BCUT2D eigenvalue weighted by atomic mass is 9.87. The number of halogens is 1. The molecule has 0 atom stereocenters. The van der Waals surface area contributed by atoms with Gasteiger partial charge in [-0.3, -0.25) is 0 Å². The highest BCUT2D eigenvalue weighted by Gasteiger charge is 2.14. The van der Waals surface area contributed by atoms with Crippen molar-refractivity contribution in [1.29, 1.82) is 0 Å². The fourth-order valence-electron chi connectivity index (χ4n) is 1.35. The van der Waals surface area contributed by atoms with Gasteiger partial charge in [-0.2, -0.15) is 4.99 Å². The third kappa shape index (κ3) is 4.03.